The molecule has 0 bridgehead atoms. The van der Waals surface area contributed by atoms with Crippen LogP contribution in [0.25, 0.3) is 0 Å². The predicted molar refractivity (Wildman–Crippen MR) is 79.8 cm³/mol. The lowest BCUT2D eigenvalue weighted by molar-refractivity contribution is 0.222. The first-order chi connectivity index (χ1) is 9.08. The summed E-state index contributed by atoms with van der Waals surface area (Å²) in [7, 11) is 6.22. The molecule has 1 saturated heterocycles. The SMILES string of the molecule is CNc1cc(N(C)CC2CCN(C)CC2)nc(C)n1. The summed E-state index contributed by atoms with van der Waals surface area (Å²) in [6.45, 7) is 5.44. The number of piperidine rings is 1. The van der Waals surface area contributed by atoms with Crippen LogP contribution >= 0.6 is 0 Å². The number of nitrogens with one attached hydrogen (secondary N) is 1. The second-order valence-corrected chi connectivity index (χ2v) is 5.54. The van der Waals surface area contributed by atoms with Crippen LogP contribution in [0.4, 0.5) is 11.6 Å². The van der Waals surface area contributed by atoms with Gasteiger partial charge < -0.3 is 15.1 Å². The van der Waals surface area contributed by atoms with Crippen molar-refractivity contribution in [3.8, 4) is 0 Å². The highest BCUT2D eigenvalue weighted by Gasteiger charge is 2.19. The summed E-state index contributed by atoms with van der Waals surface area (Å²) in [5.41, 5.74) is 0. The third kappa shape index (κ3) is 3.80. The van der Waals surface area contributed by atoms with E-state index in [-0.39, 0.29) is 0 Å². The van der Waals surface area contributed by atoms with Gasteiger partial charge in [-0.05, 0) is 45.8 Å². The van der Waals surface area contributed by atoms with Gasteiger partial charge in [0.2, 0.25) is 0 Å². The highest BCUT2D eigenvalue weighted by Crippen LogP contribution is 2.20. The number of hydrogen-bond donors (Lipinski definition) is 1. The Morgan fingerprint density at radius 2 is 2.05 bits per heavy atom. The maximum Gasteiger partial charge on any atom is 0.134 e. The molecule has 0 unspecified atom stereocenters. The van der Waals surface area contributed by atoms with Crippen LogP contribution in [0, 0.1) is 12.8 Å². The molecule has 0 aromatic carbocycles. The minimum absolute atomic E-state index is 0.773. The molecule has 1 N–H and O–H groups in total. The Labute approximate surface area is 116 Å². The molecule has 2 rings (SSSR count). The fourth-order valence-corrected chi connectivity index (χ4v) is 2.60. The van der Waals surface area contributed by atoms with Crippen LogP contribution in [-0.2, 0) is 0 Å². The van der Waals surface area contributed by atoms with Crippen LogP contribution < -0.4 is 10.2 Å². The van der Waals surface area contributed by atoms with Crippen LogP contribution in [-0.4, -0.2) is 55.6 Å². The molecule has 1 aliphatic rings. The molecule has 0 saturated carbocycles. The van der Waals surface area contributed by atoms with Gasteiger partial charge in [-0.2, -0.15) is 0 Å². The van der Waals surface area contributed by atoms with Crippen LogP contribution in [0.1, 0.15) is 18.7 Å². The molecule has 5 heteroatoms. The van der Waals surface area contributed by atoms with E-state index in [4.69, 9.17) is 0 Å². The molecule has 0 amide bonds. The van der Waals surface area contributed by atoms with Crippen molar-refractivity contribution in [1.29, 1.82) is 0 Å². The van der Waals surface area contributed by atoms with Crippen molar-refractivity contribution in [3.05, 3.63) is 11.9 Å². The Kier molecular flexibility index (Phi) is 4.58. The monoisotopic (exact) mass is 263 g/mol. The molecule has 0 spiro atoms. The van der Waals surface area contributed by atoms with Gasteiger partial charge in [0.05, 0.1) is 0 Å². The van der Waals surface area contributed by atoms with Crippen LogP contribution in [0.2, 0.25) is 0 Å². The molecule has 19 heavy (non-hydrogen) atoms. The fraction of sp³-hybridized carbons (Fsp3) is 0.714. The average Bonchev–Trinajstić information content (AvgIpc) is 2.40. The van der Waals surface area contributed by atoms with Crippen molar-refractivity contribution in [2.45, 2.75) is 19.8 Å². The van der Waals surface area contributed by atoms with E-state index in [0.717, 1.165) is 29.9 Å². The van der Waals surface area contributed by atoms with E-state index in [2.05, 4.69) is 39.2 Å². The molecule has 1 fully saturated rings. The Bertz CT molecular complexity index is 412. The quantitative estimate of drug-likeness (QED) is 0.894. The maximum atomic E-state index is 4.53. The average molecular weight is 263 g/mol. The first-order valence-corrected chi connectivity index (χ1v) is 7.01. The van der Waals surface area contributed by atoms with Crippen LogP contribution in [0.5, 0.6) is 0 Å². The smallest absolute Gasteiger partial charge is 0.134 e. The summed E-state index contributed by atoms with van der Waals surface area (Å²) < 4.78 is 0. The Hall–Kier alpha value is -1.36. The highest BCUT2D eigenvalue weighted by molar-refractivity contribution is 5.48. The summed E-state index contributed by atoms with van der Waals surface area (Å²) in [4.78, 5) is 13.5. The molecule has 1 aromatic heterocycles. The number of hydrogen-bond acceptors (Lipinski definition) is 5. The van der Waals surface area contributed by atoms with E-state index in [9.17, 15) is 0 Å². The summed E-state index contributed by atoms with van der Waals surface area (Å²) in [6, 6.07) is 2.02. The fourth-order valence-electron chi connectivity index (χ4n) is 2.60. The summed E-state index contributed by atoms with van der Waals surface area (Å²) >= 11 is 0. The normalized spacial score (nSPS) is 17.5. The first-order valence-electron chi connectivity index (χ1n) is 7.01. The first kappa shape index (κ1) is 14.1. The molecule has 0 aliphatic carbocycles. The second-order valence-electron chi connectivity index (χ2n) is 5.54. The number of likely N-dealkylation sites (tertiary alicyclic amines) is 1. The van der Waals surface area contributed by atoms with E-state index in [0.29, 0.717) is 0 Å². The molecular weight excluding hydrogens is 238 g/mol. The minimum Gasteiger partial charge on any atom is -0.373 e. The van der Waals surface area contributed by atoms with Gasteiger partial charge in [-0.15, -0.1) is 0 Å². The Balaban J connectivity index is 1.99. The summed E-state index contributed by atoms with van der Waals surface area (Å²) in [5, 5.41) is 3.09. The Morgan fingerprint density at radius 3 is 2.68 bits per heavy atom. The van der Waals surface area contributed by atoms with Crippen LogP contribution in [0.3, 0.4) is 0 Å². The molecular formula is C14H25N5. The summed E-state index contributed by atoms with van der Waals surface area (Å²) in [5.74, 6) is 3.49. The predicted octanol–water partition coefficient (Wildman–Crippen LogP) is 1.60. The number of rotatable bonds is 4. The number of anilines is 2. The maximum absolute atomic E-state index is 4.53. The lowest BCUT2D eigenvalue weighted by Crippen LogP contribution is -2.36. The zero-order chi connectivity index (χ0) is 13.8. The topological polar surface area (TPSA) is 44.3 Å². The van der Waals surface area contributed by atoms with E-state index >= 15 is 0 Å². The standard InChI is InChI=1S/C14H25N5/c1-11-16-13(15-2)9-14(17-11)19(4)10-12-5-7-18(3)8-6-12/h9,12H,5-8,10H2,1-4H3,(H,15,16,17). The van der Waals surface area contributed by atoms with Gasteiger partial charge in [0.1, 0.15) is 17.5 Å². The van der Waals surface area contributed by atoms with Gasteiger partial charge in [0.15, 0.2) is 0 Å². The molecule has 2 heterocycles. The van der Waals surface area contributed by atoms with Gasteiger partial charge in [0.25, 0.3) is 0 Å². The third-order valence-electron chi connectivity index (χ3n) is 3.84. The van der Waals surface area contributed by atoms with Gasteiger partial charge >= 0.3 is 0 Å². The van der Waals surface area contributed by atoms with E-state index in [1.54, 1.807) is 0 Å². The van der Waals surface area contributed by atoms with Gasteiger partial charge in [-0.1, -0.05) is 0 Å². The lowest BCUT2D eigenvalue weighted by atomic mass is 9.97. The van der Waals surface area contributed by atoms with E-state index in [1.807, 2.05) is 20.0 Å². The van der Waals surface area contributed by atoms with Crippen molar-refractivity contribution in [2.75, 3.05) is 51.0 Å². The molecule has 1 aliphatic heterocycles. The van der Waals surface area contributed by atoms with Crippen molar-refractivity contribution < 1.29 is 0 Å². The second kappa shape index (κ2) is 6.19. The number of aryl methyl sites for hydroxylation is 1. The van der Waals surface area contributed by atoms with E-state index in [1.165, 1.54) is 25.9 Å². The molecule has 0 atom stereocenters. The minimum atomic E-state index is 0.773. The number of aromatic nitrogens is 2. The molecule has 1 aromatic rings. The highest BCUT2D eigenvalue weighted by atomic mass is 15.2. The molecule has 0 radical (unpaired) electrons. The largest absolute Gasteiger partial charge is 0.373 e. The van der Waals surface area contributed by atoms with Crippen molar-refractivity contribution in [1.82, 2.24) is 14.9 Å². The number of nitrogens with zero attached hydrogens (tertiary/aromatic N) is 4. The van der Waals surface area contributed by atoms with Crippen molar-refractivity contribution in [2.24, 2.45) is 5.92 Å². The van der Waals surface area contributed by atoms with Gasteiger partial charge in [-0.3, -0.25) is 0 Å². The molecule has 106 valence electrons. The van der Waals surface area contributed by atoms with Crippen molar-refractivity contribution in [3.63, 3.8) is 0 Å². The zero-order valence-electron chi connectivity index (χ0n) is 12.5. The van der Waals surface area contributed by atoms with Crippen molar-refractivity contribution >= 4 is 11.6 Å². The van der Waals surface area contributed by atoms with Crippen LogP contribution in [0.15, 0.2) is 6.07 Å². The third-order valence-corrected chi connectivity index (χ3v) is 3.84. The Morgan fingerprint density at radius 1 is 1.37 bits per heavy atom. The van der Waals surface area contributed by atoms with Gasteiger partial charge in [0, 0.05) is 26.7 Å². The van der Waals surface area contributed by atoms with E-state index < -0.39 is 0 Å². The zero-order valence-corrected chi connectivity index (χ0v) is 12.5. The summed E-state index contributed by atoms with van der Waals surface area (Å²) in [6.07, 6.45) is 2.56. The lowest BCUT2D eigenvalue weighted by Gasteiger charge is -2.32. The molecule has 5 nitrogen and oxygen atoms in total. The van der Waals surface area contributed by atoms with Gasteiger partial charge in [-0.25, -0.2) is 9.97 Å².